The molecule has 37 heavy (non-hydrogen) atoms. The summed E-state index contributed by atoms with van der Waals surface area (Å²) in [5, 5.41) is 3.02. The average Bonchev–Trinajstić information content (AvgIpc) is 2.93. The lowest BCUT2D eigenvalue weighted by Gasteiger charge is -2.31. The Hall–Kier alpha value is -3.32. The summed E-state index contributed by atoms with van der Waals surface area (Å²) in [6.45, 7) is 4.00. The zero-order valence-corrected chi connectivity index (χ0v) is 22.7. The minimum absolute atomic E-state index is 0.0645. The Labute approximate surface area is 227 Å². The number of hydrogen-bond donors (Lipinski definition) is 1. The number of nitrogens with zero attached hydrogens (tertiary/aromatic N) is 1. The topological polar surface area (TPSA) is 67.9 Å². The number of fused-ring (bicyclic) bond motifs is 1. The maximum atomic E-state index is 13.8. The van der Waals surface area contributed by atoms with Crippen LogP contribution in [0.5, 0.6) is 11.5 Å². The van der Waals surface area contributed by atoms with Gasteiger partial charge in [0.15, 0.2) is 11.5 Å². The maximum Gasteiger partial charge on any atom is 0.243 e. The Balaban J connectivity index is 1.57. The van der Waals surface area contributed by atoms with E-state index in [0.717, 1.165) is 33.3 Å². The summed E-state index contributed by atoms with van der Waals surface area (Å²) >= 11 is 3.48. The Morgan fingerprint density at radius 1 is 0.919 bits per heavy atom. The highest BCUT2D eigenvalue weighted by molar-refractivity contribution is 9.10. The molecule has 0 aliphatic carbocycles. The van der Waals surface area contributed by atoms with Crippen molar-refractivity contribution < 1.29 is 19.1 Å². The van der Waals surface area contributed by atoms with Crippen molar-refractivity contribution in [1.82, 2.24) is 10.2 Å². The van der Waals surface area contributed by atoms with Gasteiger partial charge in [0.05, 0.1) is 0 Å². The van der Waals surface area contributed by atoms with Gasteiger partial charge in [0.25, 0.3) is 0 Å². The van der Waals surface area contributed by atoms with Gasteiger partial charge < -0.3 is 19.7 Å². The van der Waals surface area contributed by atoms with E-state index < -0.39 is 6.04 Å². The molecular formula is C30H33BrN2O4. The highest BCUT2D eigenvalue weighted by atomic mass is 79.9. The van der Waals surface area contributed by atoms with Gasteiger partial charge in [-0.05, 0) is 53.8 Å². The molecule has 1 heterocycles. The number of carbonyl (C=O) groups is 2. The van der Waals surface area contributed by atoms with E-state index >= 15 is 0 Å². The van der Waals surface area contributed by atoms with E-state index in [1.165, 1.54) is 0 Å². The lowest BCUT2D eigenvalue weighted by atomic mass is 10.0. The van der Waals surface area contributed by atoms with Crippen molar-refractivity contribution in [3.63, 3.8) is 0 Å². The smallest absolute Gasteiger partial charge is 0.243 e. The van der Waals surface area contributed by atoms with Gasteiger partial charge in [0, 0.05) is 30.4 Å². The molecule has 0 spiro atoms. The van der Waals surface area contributed by atoms with Crippen LogP contribution in [-0.2, 0) is 29.0 Å². The Morgan fingerprint density at radius 3 is 2.35 bits per heavy atom. The second-order valence-electron chi connectivity index (χ2n) is 9.12. The molecule has 0 radical (unpaired) electrons. The quantitative estimate of drug-likeness (QED) is 0.342. The molecule has 0 bridgehead atoms. The second kappa shape index (κ2) is 13.3. The first-order valence-electron chi connectivity index (χ1n) is 12.8. The summed E-state index contributed by atoms with van der Waals surface area (Å²) < 4.78 is 12.3. The number of amides is 2. The molecular weight excluding hydrogens is 532 g/mol. The van der Waals surface area contributed by atoms with E-state index in [4.69, 9.17) is 9.47 Å². The first-order valence-corrected chi connectivity index (χ1v) is 13.6. The molecule has 1 aliphatic heterocycles. The minimum atomic E-state index is -0.620. The first-order chi connectivity index (χ1) is 18.0. The van der Waals surface area contributed by atoms with Gasteiger partial charge in [-0.3, -0.25) is 9.59 Å². The molecule has 194 valence electrons. The fourth-order valence-electron chi connectivity index (χ4n) is 4.34. The van der Waals surface area contributed by atoms with Crippen LogP contribution in [0.4, 0.5) is 0 Å². The number of nitrogens with one attached hydrogen (secondary N) is 1. The van der Waals surface area contributed by atoms with Crippen LogP contribution in [0.15, 0.2) is 77.3 Å². The van der Waals surface area contributed by atoms with Crippen molar-refractivity contribution in [1.29, 1.82) is 0 Å². The molecule has 0 aromatic heterocycles. The zero-order valence-electron chi connectivity index (χ0n) is 21.1. The fourth-order valence-corrected chi connectivity index (χ4v) is 4.61. The molecule has 3 aromatic carbocycles. The number of aryl methyl sites for hydroxylation is 1. The molecule has 1 aliphatic rings. The van der Waals surface area contributed by atoms with Gasteiger partial charge in [0.1, 0.15) is 19.3 Å². The second-order valence-corrected chi connectivity index (χ2v) is 10.0. The molecule has 1 N–H and O–H groups in total. The summed E-state index contributed by atoms with van der Waals surface area (Å²) in [4.78, 5) is 28.9. The van der Waals surface area contributed by atoms with Crippen LogP contribution in [-0.4, -0.2) is 42.5 Å². The van der Waals surface area contributed by atoms with E-state index in [0.29, 0.717) is 44.9 Å². The lowest BCUT2D eigenvalue weighted by molar-refractivity contribution is -0.141. The Bertz CT molecular complexity index is 1180. The molecule has 6 nitrogen and oxygen atoms in total. The molecule has 0 unspecified atom stereocenters. The van der Waals surface area contributed by atoms with Gasteiger partial charge in [-0.2, -0.15) is 0 Å². The van der Waals surface area contributed by atoms with Crippen LogP contribution in [0.25, 0.3) is 0 Å². The Kier molecular flexibility index (Phi) is 9.60. The zero-order chi connectivity index (χ0) is 26.0. The normalized spacial score (nSPS) is 13.0. The third-order valence-corrected chi connectivity index (χ3v) is 6.85. The third-order valence-electron chi connectivity index (χ3n) is 6.32. The first kappa shape index (κ1) is 26.7. The van der Waals surface area contributed by atoms with E-state index in [-0.39, 0.29) is 18.2 Å². The molecule has 0 saturated heterocycles. The van der Waals surface area contributed by atoms with Crippen molar-refractivity contribution in [2.24, 2.45) is 0 Å². The fraction of sp³-hybridized carbons (Fsp3) is 0.333. The van der Waals surface area contributed by atoms with Gasteiger partial charge in [-0.15, -0.1) is 0 Å². The van der Waals surface area contributed by atoms with Crippen LogP contribution in [0, 0.1) is 0 Å². The number of ether oxygens (including phenoxy) is 2. The van der Waals surface area contributed by atoms with Gasteiger partial charge in [-0.1, -0.05) is 71.4 Å². The molecule has 0 saturated carbocycles. The molecule has 3 aromatic rings. The van der Waals surface area contributed by atoms with Crippen LogP contribution in [0.2, 0.25) is 0 Å². The predicted molar refractivity (Wildman–Crippen MR) is 148 cm³/mol. The van der Waals surface area contributed by atoms with Gasteiger partial charge in [-0.25, -0.2) is 0 Å². The molecule has 4 rings (SSSR count). The van der Waals surface area contributed by atoms with E-state index in [9.17, 15) is 9.59 Å². The number of benzene rings is 3. The number of hydrogen-bond acceptors (Lipinski definition) is 4. The van der Waals surface area contributed by atoms with Crippen LogP contribution < -0.4 is 14.8 Å². The van der Waals surface area contributed by atoms with Crippen LogP contribution in [0.3, 0.4) is 0 Å². The largest absolute Gasteiger partial charge is 0.486 e. The molecule has 1 atom stereocenters. The van der Waals surface area contributed by atoms with Crippen LogP contribution in [0.1, 0.15) is 36.5 Å². The van der Waals surface area contributed by atoms with Crippen molar-refractivity contribution in [3.05, 3.63) is 94.0 Å². The minimum Gasteiger partial charge on any atom is -0.486 e. The highest BCUT2D eigenvalue weighted by Gasteiger charge is 2.30. The van der Waals surface area contributed by atoms with Crippen molar-refractivity contribution >= 4 is 27.7 Å². The van der Waals surface area contributed by atoms with Crippen LogP contribution >= 0.6 is 15.9 Å². The molecule has 2 amide bonds. The van der Waals surface area contributed by atoms with E-state index in [1.54, 1.807) is 4.90 Å². The SMILES string of the molecule is CCCNC(=O)[C@@H](Cc1ccccc1)N(Cc1ccc(Br)cc1)C(=O)CCc1ccc2c(c1)OCCO2. The number of rotatable bonds is 11. The van der Waals surface area contributed by atoms with Crippen molar-refractivity contribution in [2.75, 3.05) is 19.8 Å². The monoisotopic (exact) mass is 564 g/mol. The van der Waals surface area contributed by atoms with E-state index in [1.807, 2.05) is 79.7 Å². The lowest BCUT2D eigenvalue weighted by Crippen LogP contribution is -2.50. The van der Waals surface area contributed by atoms with Gasteiger partial charge in [0.2, 0.25) is 11.8 Å². The van der Waals surface area contributed by atoms with Crippen molar-refractivity contribution in [2.45, 2.75) is 45.2 Å². The number of carbonyl (C=O) groups excluding carboxylic acids is 2. The third kappa shape index (κ3) is 7.59. The van der Waals surface area contributed by atoms with Gasteiger partial charge >= 0.3 is 0 Å². The summed E-state index contributed by atoms with van der Waals surface area (Å²) in [5.74, 6) is 1.25. The summed E-state index contributed by atoms with van der Waals surface area (Å²) in [6.07, 6.45) is 2.10. The molecule has 0 fully saturated rings. The Morgan fingerprint density at radius 2 is 1.62 bits per heavy atom. The summed E-state index contributed by atoms with van der Waals surface area (Å²) in [7, 11) is 0. The standard InChI is InChI=1S/C30H33BrN2O4/c1-2-16-32-30(35)26(19-22-6-4-3-5-7-22)33(21-24-8-12-25(31)13-9-24)29(34)15-11-23-10-14-27-28(20-23)37-18-17-36-27/h3-10,12-14,20,26H,2,11,15-19,21H2,1H3,(H,32,35)/t26-/m1/s1. The summed E-state index contributed by atoms with van der Waals surface area (Å²) in [6, 6.07) is 22.9. The number of halogens is 1. The maximum absolute atomic E-state index is 13.8. The molecule has 7 heteroatoms. The van der Waals surface area contributed by atoms with Crippen molar-refractivity contribution in [3.8, 4) is 11.5 Å². The van der Waals surface area contributed by atoms with E-state index in [2.05, 4.69) is 21.2 Å². The average molecular weight is 566 g/mol. The summed E-state index contributed by atoms with van der Waals surface area (Å²) in [5.41, 5.74) is 2.98. The predicted octanol–water partition coefficient (Wildman–Crippen LogP) is 5.32. The highest BCUT2D eigenvalue weighted by Crippen LogP contribution is 2.31.